The zero-order chi connectivity index (χ0) is 76.3. The van der Waals surface area contributed by atoms with Gasteiger partial charge >= 0.3 is 52.6 Å². The van der Waals surface area contributed by atoms with Crippen LogP contribution in [0.25, 0.3) is 0 Å². The summed E-state index contributed by atoms with van der Waals surface area (Å²) in [5.74, 6) is -1.59. The first-order valence-corrected chi connectivity index (χ1v) is 35.9. The molecule has 0 saturated carbocycles. The van der Waals surface area contributed by atoms with Gasteiger partial charge in [-0.2, -0.15) is 36.4 Å². The monoisotopic (exact) mass is 1650 g/mol. The van der Waals surface area contributed by atoms with Crippen LogP contribution in [0, 0.1) is 29.3 Å². The van der Waals surface area contributed by atoms with Gasteiger partial charge in [0, 0.05) is 56.9 Å². The quantitative estimate of drug-likeness (QED) is 0.0107. The van der Waals surface area contributed by atoms with Crippen molar-refractivity contribution in [3.8, 4) is 28.7 Å². The summed E-state index contributed by atoms with van der Waals surface area (Å²) in [7, 11) is 7.36. The maximum absolute atomic E-state index is 14.0. The van der Waals surface area contributed by atoms with Gasteiger partial charge in [0.25, 0.3) is 5.91 Å². The number of rotatable bonds is 25. The number of fused-ring (bicyclic) bond motifs is 1. The van der Waals surface area contributed by atoms with Gasteiger partial charge in [0.15, 0.2) is 64.0 Å². The Morgan fingerprint density at radius 1 is 0.565 bits per heavy atom. The van der Waals surface area contributed by atoms with Crippen LogP contribution in [0.2, 0.25) is 0 Å². The molecule has 2 heterocycles. The number of carbonyl (C=O) groups excluding carboxylic acids is 2. The van der Waals surface area contributed by atoms with E-state index in [1.807, 2.05) is 140 Å². The molecule has 1 aliphatic heterocycles. The van der Waals surface area contributed by atoms with Crippen molar-refractivity contribution in [2.24, 2.45) is 0 Å². The molecule has 0 fully saturated rings. The van der Waals surface area contributed by atoms with Gasteiger partial charge in [0.05, 0.1) is 16.3 Å². The Morgan fingerprint density at radius 2 is 0.981 bits per heavy atom. The topological polar surface area (TPSA) is 155 Å². The number of para-hydroxylation sites is 4. The summed E-state index contributed by atoms with van der Waals surface area (Å²) in [6.45, 7) is 21.4. The van der Waals surface area contributed by atoms with Crippen LogP contribution in [0.4, 0.5) is 17.6 Å². The maximum atomic E-state index is 14.0. The SMILES string of the molecule is C=CC(C)Oc1c(F)cccc1C(O)c1ccccc1.C=CCCN1CNn2ccc(=O)c(OCc3ccccc3)c2C1=O.C=CCOc1c(F)cccc1C(Cl)c1ccccc1.C=CCOc1c(F)cccc1C(Cl)c1ccccc1.C=CCOc1c(F)cccc1C=O.O=S(Cl)Cl.[Br-].[H-].[Mg+2].[Na+].[c-]1ccccc1. The number of nitrogens with one attached hydrogen (secondary N) is 1. The molecule has 4 atom stereocenters. The first-order valence-electron chi connectivity index (χ1n) is 32.3. The summed E-state index contributed by atoms with van der Waals surface area (Å²) >= 11 is 12.8. The van der Waals surface area contributed by atoms with E-state index in [2.05, 4.69) is 65.8 Å². The van der Waals surface area contributed by atoms with Crippen LogP contribution in [0.3, 0.4) is 0 Å². The third-order valence-corrected chi connectivity index (χ3v) is 15.3. The number of alkyl halides is 2. The molecule has 4 unspecified atom stereocenters. The van der Waals surface area contributed by atoms with Crippen LogP contribution >= 0.6 is 44.6 Å². The van der Waals surface area contributed by atoms with Crippen LogP contribution < -0.4 is 81.1 Å². The number of aliphatic hydroxyl groups excluding tert-OH is 1. The molecular weight excluding hydrogens is 1580 g/mol. The van der Waals surface area contributed by atoms with Crippen molar-refractivity contribution in [1.82, 2.24) is 9.58 Å². The normalized spacial score (nSPS) is 11.5. The molecule has 10 aromatic rings. The third kappa shape index (κ3) is 32.2. The first-order chi connectivity index (χ1) is 50.8. The van der Waals surface area contributed by atoms with Gasteiger partial charge < -0.3 is 57.5 Å². The third-order valence-electron chi connectivity index (χ3n) is 14.3. The zero-order valence-electron chi connectivity index (χ0n) is 60.3. The number of nitrogens with zero attached hydrogens (tertiary/aromatic N) is 2. The predicted octanol–water partition coefficient (Wildman–Crippen LogP) is 13.7. The summed E-state index contributed by atoms with van der Waals surface area (Å²) in [4.78, 5) is 37.0. The first kappa shape index (κ1) is 95.9. The van der Waals surface area contributed by atoms with Crippen molar-refractivity contribution in [3.05, 3.63) is 390 Å². The Labute approximate surface area is 700 Å². The van der Waals surface area contributed by atoms with Gasteiger partial charge in [-0.3, -0.25) is 19.1 Å². The van der Waals surface area contributed by atoms with E-state index in [9.17, 15) is 37.1 Å². The van der Waals surface area contributed by atoms with Crippen molar-refractivity contribution < 1.29 is 108 Å². The van der Waals surface area contributed by atoms with E-state index in [1.165, 1.54) is 48.5 Å². The minimum absolute atomic E-state index is 0. The molecule has 1 aromatic heterocycles. The minimum atomic E-state index is -1.67. The van der Waals surface area contributed by atoms with Crippen LogP contribution in [-0.4, -0.2) is 93.3 Å². The molecule has 0 radical (unpaired) electrons. The summed E-state index contributed by atoms with van der Waals surface area (Å²) in [5.41, 5.74) is 8.29. The standard InChI is InChI=1S/C18H19N3O3.C17H17FO2.2C16H14ClFO.C10H9FO2.C6H5.BrH.Cl2OS.Mg.Na.H/c1-2-3-10-20-13-19-21-11-9-15(22)17(16(21)18(20)23)24-12-14-7-5-4-6-8-14;1-3-12(2)20-17-14(10-7-11-15(17)18)16(19)13-8-5-4-6-9-13;2*1-2-11-19-16-13(9-6-10-14(16)18)15(17)12-7-4-3-5-8-12;1-2-6-13-10-8(7-12)4-3-5-9(10)11;1-2-4-6-5-3-1;;1-4(2)3;;;/h2,4-9,11,19H,1,3,10,12-13H2;3-12,16,19H,1H2,2H3;2*2-10,15H,1,11H2;2-5,7H,1,6H2;1-5H;1H;;;;/q;;;;;-1;;;+2;+1;-1/p-1. The Kier molecular flexibility index (Phi) is 48.3. The zero-order valence-corrected chi connectivity index (χ0v) is 68.1. The van der Waals surface area contributed by atoms with Gasteiger partial charge in [-0.15, -0.1) is 29.8 Å². The Hall–Kier alpha value is -8.19. The second kappa shape index (κ2) is 54.4. The van der Waals surface area contributed by atoms with Crippen LogP contribution in [-0.2, 0) is 15.8 Å². The maximum Gasteiger partial charge on any atom is 2.00 e. The van der Waals surface area contributed by atoms with E-state index in [4.69, 9.17) is 51.1 Å². The molecule has 0 saturated heterocycles. The largest absolute Gasteiger partial charge is 2.00 e. The van der Waals surface area contributed by atoms with Gasteiger partial charge in [-0.1, -0.05) is 220 Å². The molecule has 11 rings (SSSR count). The molecule has 13 nitrogen and oxygen atoms in total. The molecule has 25 heteroatoms. The number of aliphatic hydroxyl groups is 1. The Bertz CT molecular complexity index is 4300. The van der Waals surface area contributed by atoms with E-state index < -0.39 is 49.4 Å². The van der Waals surface area contributed by atoms with Crippen LogP contribution in [0.1, 0.15) is 91.4 Å². The number of halogens is 9. The number of hydrogen-bond donors (Lipinski definition) is 2. The Morgan fingerprint density at radius 3 is 1.41 bits per heavy atom. The number of aromatic nitrogens is 1. The number of pyridine rings is 1. The number of hydrogen-bond acceptors (Lipinski definition) is 11. The summed E-state index contributed by atoms with van der Waals surface area (Å²) in [6.07, 6.45) is 9.48. The van der Waals surface area contributed by atoms with Gasteiger partial charge in [-0.05, 0) is 65.9 Å². The fraction of sp³-hybridized carbons (Fsp3) is 0.145. The van der Waals surface area contributed by atoms with Crippen molar-refractivity contribution >= 4 is 89.0 Å². The summed E-state index contributed by atoms with van der Waals surface area (Å²) < 4.78 is 92.3. The second-order valence-electron chi connectivity index (χ2n) is 21.7. The molecule has 2 N–H and O–H groups in total. The van der Waals surface area contributed by atoms with Crippen LogP contribution in [0.5, 0.6) is 28.7 Å². The van der Waals surface area contributed by atoms with Gasteiger partial charge in [-0.25, -0.2) is 21.8 Å². The fourth-order valence-corrected chi connectivity index (χ4v) is 9.98. The van der Waals surface area contributed by atoms with E-state index >= 15 is 0 Å². The molecular formula is C83H79BrCl4F4MgN3NaO10S. The molecule has 1 aliphatic rings. The molecule has 0 spiro atoms. The van der Waals surface area contributed by atoms with Crippen LogP contribution in [0.15, 0.2) is 305 Å². The van der Waals surface area contributed by atoms with E-state index in [0.29, 0.717) is 48.2 Å². The molecule has 9 aromatic carbocycles. The minimum Gasteiger partial charge on any atom is -1.00 e. The van der Waals surface area contributed by atoms with Gasteiger partial charge in [0.1, 0.15) is 45.3 Å². The fourth-order valence-electron chi connectivity index (χ4n) is 9.34. The van der Waals surface area contributed by atoms with Crippen molar-refractivity contribution in [2.45, 2.75) is 42.9 Å². The van der Waals surface area contributed by atoms with E-state index in [-0.39, 0.29) is 155 Å². The predicted molar refractivity (Wildman–Crippen MR) is 421 cm³/mol. The number of carbonyl (C=O) groups is 2. The average Bonchev–Trinajstić information content (AvgIpc) is 0.783. The van der Waals surface area contributed by atoms with Crippen molar-refractivity contribution in [3.63, 3.8) is 0 Å². The molecule has 0 bridgehead atoms. The van der Waals surface area contributed by atoms with Gasteiger partial charge in [0.2, 0.25) is 14.7 Å². The molecule has 1 amide bonds. The smallest absolute Gasteiger partial charge is 1.00 e. The number of benzene rings is 9. The molecule has 108 heavy (non-hydrogen) atoms. The number of amides is 1. The number of aldehydes is 1. The van der Waals surface area contributed by atoms with Crippen molar-refractivity contribution in [1.29, 1.82) is 0 Å². The number of ether oxygens (including phenoxy) is 5. The molecule has 558 valence electrons. The average molecular weight is 1660 g/mol. The Balaban J connectivity index is 0.000000659. The van der Waals surface area contributed by atoms with E-state index in [0.717, 1.165) is 16.7 Å². The summed E-state index contributed by atoms with van der Waals surface area (Å²) in [6, 6.07) is 69.8. The summed E-state index contributed by atoms with van der Waals surface area (Å²) in [5, 5.41) is 9.52. The van der Waals surface area contributed by atoms with Crippen molar-refractivity contribution in [2.75, 3.05) is 38.5 Å². The van der Waals surface area contributed by atoms with E-state index in [1.54, 1.807) is 95.5 Å². The second-order valence-corrected chi connectivity index (χ2v) is 25.1. The molecule has 0 aliphatic carbocycles.